The highest BCUT2D eigenvalue weighted by atomic mass is 16.5. The maximum absolute atomic E-state index is 11.8. The SMILES string of the molecule is O=c1[nH]c(NCC2CCOC2)nc2ccccc12. The van der Waals surface area contributed by atoms with Crippen LogP contribution in [0.3, 0.4) is 0 Å². The Hall–Kier alpha value is -1.88. The third kappa shape index (κ3) is 2.22. The van der Waals surface area contributed by atoms with Crippen molar-refractivity contribution in [3.05, 3.63) is 34.6 Å². The normalized spacial score (nSPS) is 19.2. The van der Waals surface area contributed by atoms with Gasteiger partial charge in [-0.1, -0.05) is 12.1 Å². The fraction of sp³-hybridized carbons (Fsp3) is 0.385. The Morgan fingerprint density at radius 3 is 3.17 bits per heavy atom. The van der Waals surface area contributed by atoms with Gasteiger partial charge in [-0.15, -0.1) is 0 Å². The molecule has 1 atom stereocenters. The van der Waals surface area contributed by atoms with Gasteiger partial charge in [-0.25, -0.2) is 4.98 Å². The molecule has 0 radical (unpaired) electrons. The molecule has 2 aromatic rings. The molecule has 18 heavy (non-hydrogen) atoms. The second-order valence-electron chi connectivity index (χ2n) is 4.54. The lowest BCUT2D eigenvalue weighted by Gasteiger charge is -2.09. The number of aromatic amines is 1. The van der Waals surface area contributed by atoms with Crippen LogP contribution in [0.2, 0.25) is 0 Å². The summed E-state index contributed by atoms with van der Waals surface area (Å²) in [6, 6.07) is 7.33. The van der Waals surface area contributed by atoms with Crippen LogP contribution in [-0.4, -0.2) is 29.7 Å². The minimum Gasteiger partial charge on any atom is -0.381 e. The molecule has 3 rings (SSSR count). The molecule has 1 aliphatic heterocycles. The molecule has 0 aliphatic carbocycles. The number of nitrogens with zero attached hydrogens (tertiary/aromatic N) is 1. The highest BCUT2D eigenvalue weighted by Gasteiger charge is 2.15. The lowest BCUT2D eigenvalue weighted by molar-refractivity contribution is 0.187. The number of fused-ring (bicyclic) bond motifs is 1. The van der Waals surface area contributed by atoms with E-state index in [2.05, 4.69) is 15.3 Å². The van der Waals surface area contributed by atoms with E-state index in [1.807, 2.05) is 18.2 Å². The summed E-state index contributed by atoms with van der Waals surface area (Å²) in [6.45, 7) is 2.39. The van der Waals surface area contributed by atoms with E-state index in [0.29, 0.717) is 22.8 Å². The summed E-state index contributed by atoms with van der Waals surface area (Å²) >= 11 is 0. The van der Waals surface area contributed by atoms with Crippen molar-refractivity contribution < 1.29 is 4.74 Å². The number of anilines is 1. The second kappa shape index (κ2) is 4.78. The number of ether oxygens (including phenoxy) is 1. The van der Waals surface area contributed by atoms with Gasteiger partial charge >= 0.3 is 0 Å². The molecule has 1 saturated heterocycles. The average Bonchev–Trinajstić information content (AvgIpc) is 2.90. The molecule has 1 aromatic heterocycles. The van der Waals surface area contributed by atoms with Crippen molar-refractivity contribution in [2.45, 2.75) is 6.42 Å². The molecule has 1 unspecified atom stereocenters. The van der Waals surface area contributed by atoms with E-state index < -0.39 is 0 Å². The summed E-state index contributed by atoms with van der Waals surface area (Å²) in [5.74, 6) is 1.03. The molecule has 1 aliphatic rings. The first-order chi connectivity index (χ1) is 8.83. The highest BCUT2D eigenvalue weighted by Crippen LogP contribution is 2.13. The van der Waals surface area contributed by atoms with Gasteiger partial charge in [0, 0.05) is 19.1 Å². The highest BCUT2D eigenvalue weighted by molar-refractivity contribution is 5.78. The van der Waals surface area contributed by atoms with E-state index in [1.165, 1.54) is 0 Å². The summed E-state index contributed by atoms with van der Waals surface area (Å²) in [5.41, 5.74) is 0.609. The van der Waals surface area contributed by atoms with Crippen molar-refractivity contribution in [1.82, 2.24) is 9.97 Å². The first-order valence-corrected chi connectivity index (χ1v) is 6.13. The first-order valence-electron chi connectivity index (χ1n) is 6.13. The zero-order chi connectivity index (χ0) is 12.4. The first kappa shape index (κ1) is 11.2. The number of hydrogen-bond donors (Lipinski definition) is 2. The van der Waals surface area contributed by atoms with Gasteiger partial charge in [0.15, 0.2) is 0 Å². The maximum Gasteiger partial charge on any atom is 0.260 e. The number of hydrogen-bond acceptors (Lipinski definition) is 4. The van der Waals surface area contributed by atoms with E-state index in [1.54, 1.807) is 6.07 Å². The number of H-pyrrole nitrogens is 1. The number of rotatable bonds is 3. The summed E-state index contributed by atoms with van der Waals surface area (Å²) in [4.78, 5) is 19.0. The molecular formula is C13H15N3O2. The van der Waals surface area contributed by atoms with Crippen molar-refractivity contribution in [2.75, 3.05) is 25.1 Å². The summed E-state index contributed by atoms with van der Waals surface area (Å²) < 4.78 is 5.31. The minimum absolute atomic E-state index is 0.106. The Morgan fingerprint density at radius 1 is 1.44 bits per heavy atom. The monoisotopic (exact) mass is 245 g/mol. The average molecular weight is 245 g/mol. The van der Waals surface area contributed by atoms with Crippen LogP contribution in [-0.2, 0) is 4.74 Å². The Morgan fingerprint density at radius 2 is 2.33 bits per heavy atom. The van der Waals surface area contributed by atoms with Crippen molar-refractivity contribution in [3.8, 4) is 0 Å². The summed E-state index contributed by atoms with van der Waals surface area (Å²) in [7, 11) is 0. The maximum atomic E-state index is 11.8. The number of benzene rings is 1. The van der Waals surface area contributed by atoms with E-state index in [4.69, 9.17) is 4.74 Å². The minimum atomic E-state index is -0.106. The van der Waals surface area contributed by atoms with Gasteiger partial charge in [0.2, 0.25) is 5.95 Å². The molecule has 0 bridgehead atoms. The zero-order valence-electron chi connectivity index (χ0n) is 9.98. The molecule has 5 nitrogen and oxygen atoms in total. The lowest BCUT2D eigenvalue weighted by atomic mass is 10.1. The largest absolute Gasteiger partial charge is 0.381 e. The number of aromatic nitrogens is 2. The van der Waals surface area contributed by atoms with Gasteiger partial charge in [-0.3, -0.25) is 9.78 Å². The topological polar surface area (TPSA) is 67.0 Å². The van der Waals surface area contributed by atoms with Gasteiger partial charge in [0.1, 0.15) is 0 Å². The third-order valence-corrected chi connectivity index (χ3v) is 3.20. The molecule has 94 valence electrons. The van der Waals surface area contributed by atoms with E-state index >= 15 is 0 Å². The standard InChI is InChI=1S/C13H15N3O2/c17-12-10-3-1-2-4-11(10)15-13(16-12)14-7-9-5-6-18-8-9/h1-4,9H,5-8H2,(H2,14,15,16,17). The molecular weight excluding hydrogens is 230 g/mol. The van der Waals surface area contributed by atoms with Crippen LogP contribution in [0.4, 0.5) is 5.95 Å². The lowest BCUT2D eigenvalue weighted by Crippen LogP contribution is -2.18. The molecule has 1 fully saturated rings. The van der Waals surface area contributed by atoms with Crippen molar-refractivity contribution in [2.24, 2.45) is 5.92 Å². The smallest absolute Gasteiger partial charge is 0.260 e. The zero-order valence-corrected chi connectivity index (χ0v) is 9.98. The Bertz CT molecular complexity index is 602. The summed E-state index contributed by atoms with van der Waals surface area (Å²) in [6.07, 6.45) is 1.06. The van der Waals surface area contributed by atoms with Crippen molar-refractivity contribution in [3.63, 3.8) is 0 Å². The van der Waals surface area contributed by atoms with Crippen LogP contribution in [0.15, 0.2) is 29.1 Å². The predicted octanol–water partition coefficient (Wildman–Crippen LogP) is 1.37. The third-order valence-electron chi connectivity index (χ3n) is 3.20. The summed E-state index contributed by atoms with van der Waals surface area (Å²) in [5, 5.41) is 3.79. The molecule has 0 saturated carbocycles. The Balaban J connectivity index is 1.81. The fourth-order valence-electron chi connectivity index (χ4n) is 2.16. The van der Waals surface area contributed by atoms with Gasteiger partial charge in [-0.2, -0.15) is 0 Å². The molecule has 0 amide bonds. The van der Waals surface area contributed by atoms with Crippen LogP contribution < -0.4 is 10.9 Å². The van der Waals surface area contributed by atoms with Gasteiger partial charge in [0.05, 0.1) is 17.5 Å². The van der Waals surface area contributed by atoms with Crippen molar-refractivity contribution >= 4 is 16.9 Å². The van der Waals surface area contributed by atoms with Gasteiger partial charge < -0.3 is 10.1 Å². The van der Waals surface area contributed by atoms with E-state index in [-0.39, 0.29) is 5.56 Å². The van der Waals surface area contributed by atoms with Gasteiger partial charge in [-0.05, 0) is 18.6 Å². The van der Waals surface area contributed by atoms with Crippen LogP contribution in [0.5, 0.6) is 0 Å². The van der Waals surface area contributed by atoms with Gasteiger partial charge in [0.25, 0.3) is 5.56 Å². The van der Waals surface area contributed by atoms with Crippen molar-refractivity contribution in [1.29, 1.82) is 0 Å². The predicted molar refractivity (Wildman–Crippen MR) is 69.8 cm³/mol. The number of para-hydroxylation sites is 1. The van der Waals surface area contributed by atoms with E-state index in [9.17, 15) is 4.79 Å². The fourth-order valence-corrected chi connectivity index (χ4v) is 2.16. The van der Waals surface area contributed by atoms with Crippen LogP contribution in [0, 0.1) is 5.92 Å². The Kier molecular flexibility index (Phi) is 2.98. The van der Waals surface area contributed by atoms with E-state index in [0.717, 1.165) is 26.2 Å². The molecule has 2 heterocycles. The quantitative estimate of drug-likeness (QED) is 0.857. The Labute approximate surface area is 104 Å². The molecule has 0 spiro atoms. The molecule has 1 aromatic carbocycles. The number of nitrogens with one attached hydrogen (secondary N) is 2. The second-order valence-corrected chi connectivity index (χ2v) is 4.54. The van der Waals surface area contributed by atoms with Crippen LogP contribution in [0.1, 0.15) is 6.42 Å². The molecule has 5 heteroatoms. The molecule has 2 N–H and O–H groups in total. The van der Waals surface area contributed by atoms with Crippen LogP contribution in [0.25, 0.3) is 10.9 Å². The van der Waals surface area contributed by atoms with Crippen LogP contribution >= 0.6 is 0 Å².